The molecule has 0 fully saturated rings. The minimum atomic E-state index is 0.668. The van der Waals surface area contributed by atoms with E-state index in [1.54, 1.807) is 13.3 Å². The number of nitrogens with one attached hydrogen (secondary N) is 1. The highest BCUT2D eigenvalue weighted by Gasteiger charge is 2.04. The molecule has 3 N–H and O–H groups in total. The summed E-state index contributed by atoms with van der Waals surface area (Å²) < 4.78 is 5.35. The molecule has 19 heavy (non-hydrogen) atoms. The van der Waals surface area contributed by atoms with E-state index < -0.39 is 0 Å². The number of aromatic nitrogens is 1. The number of hydrogen-bond donors (Lipinski definition) is 2. The van der Waals surface area contributed by atoms with E-state index in [0.717, 1.165) is 22.7 Å². The summed E-state index contributed by atoms with van der Waals surface area (Å²) in [5, 5.41) is 3.28. The van der Waals surface area contributed by atoms with Gasteiger partial charge in [-0.25, -0.2) is 4.98 Å². The zero-order valence-corrected chi connectivity index (χ0v) is 11.5. The average molecular weight is 257 g/mol. The third-order valence-electron chi connectivity index (χ3n) is 3.05. The summed E-state index contributed by atoms with van der Waals surface area (Å²) in [6.45, 7) is 4.70. The predicted molar refractivity (Wildman–Crippen MR) is 78.4 cm³/mol. The zero-order chi connectivity index (χ0) is 13.8. The first-order chi connectivity index (χ1) is 9.10. The number of aryl methyl sites for hydroxylation is 2. The molecule has 2 aromatic rings. The molecule has 4 heteroatoms. The quantitative estimate of drug-likeness (QED) is 0.884. The number of benzene rings is 1. The highest BCUT2D eigenvalue weighted by atomic mass is 16.5. The van der Waals surface area contributed by atoms with Crippen LogP contribution in [0.15, 0.2) is 30.5 Å². The molecule has 0 aliphatic carbocycles. The Morgan fingerprint density at radius 2 is 2.05 bits per heavy atom. The molecule has 0 saturated heterocycles. The number of nitrogens with zero attached hydrogens (tertiary/aromatic N) is 1. The molecular formula is C15H19N3O. The fourth-order valence-electron chi connectivity index (χ4n) is 1.89. The van der Waals surface area contributed by atoms with E-state index >= 15 is 0 Å². The molecule has 100 valence electrons. The number of nitrogens with two attached hydrogens (primary N) is 1. The van der Waals surface area contributed by atoms with E-state index in [9.17, 15) is 0 Å². The maximum atomic E-state index is 5.75. The van der Waals surface area contributed by atoms with E-state index in [4.69, 9.17) is 10.5 Å². The molecule has 4 nitrogen and oxygen atoms in total. The van der Waals surface area contributed by atoms with E-state index in [2.05, 4.69) is 23.3 Å². The number of anilines is 2. The van der Waals surface area contributed by atoms with Crippen LogP contribution in [0.5, 0.6) is 5.75 Å². The Kier molecular flexibility index (Phi) is 3.90. The summed E-state index contributed by atoms with van der Waals surface area (Å²) in [6.07, 6.45) is 1.67. The van der Waals surface area contributed by atoms with Crippen LogP contribution >= 0.6 is 0 Å². The van der Waals surface area contributed by atoms with Gasteiger partial charge in [-0.2, -0.15) is 0 Å². The van der Waals surface area contributed by atoms with Crippen molar-refractivity contribution >= 4 is 11.5 Å². The van der Waals surface area contributed by atoms with Crippen LogP contribution in [-0.2, 0) is 6.54 Å². The van der Waals surface area contributed by atoms with Crippen molar-refractivity contribution in [2.24, 2.45) is 0 Å². The SMILES string of the molecule is COc1ccc(C)cc1CNc1cc(C)c(N)cn1. The summed E-state index contributed by atoms with van der Waals surface area (Å²) in [5.41, 5.74) is 9.80. The van der Waals surface area contributed by atoms with Gasteiger partial charge in [0.1, 0.15) is 11.6 Å². The Morgan fingerprint density at radius 3 is 2.74 bits per heavy atom. The summed E-state index contributed by atoms with van der Waals surface area (Å²) in [5.74, 6) is 1.69. The molecule has 1 heterocycles. The lowest BCUT2D eigenvalue weighted by Gasteiger charge is -2.11. The zero-order valence-electron chi connectivity index (χ0n) is 11.5. The van der Waals surface area contributed by atoms with Crippen molar-refractivity contribution in [3.8, 4) is 5.75 Å². The van der Waals surface area contributed by atoms with Crippen LogP contribution in [0.4, 0.5) is 11.5 Å². The van der Waals surface area contributed by atoms with Gasteiger partial charge in [0, 0.05) is 12.1 Å². The predicted octanol–water partition coefficient (Wildman–Crippen LogP) is 2.90. The highest BCUT2D eigenvalue weighted by molar-refractivity contribution is 5.51. The second-order valence-corrected chi connectivity index (χ2v) is 4.59. The van der Waals surface area contributed by atoms with Crippen molar-refractivity contribution in [2.45, 2.75) is 20.4 Å². The molecule has 1 aromatic heterocycles. The van der Waals surface area contributed by atoms with E-state index in [1.807, 2.05) is 25.1 Å². The lowest BCUT2D eigenvalue weighted by molar-refractivity contribution is 0.410. The van der Waals surface area contributed by atoms with Crippen LogP contribution in [-0.4, -0.2) is 12.1 Å². The van der Waals surface area contributed by atoms with Crippen LogP contribution in [0.25, 0.3) is 0 Å². The van der Waals surface area contributed by atoms with Crippen LogP contribution < -0.4 is 15.8 Å². The summed E-state index contributed by atoms with van der Waals surface area (Å²) in [6, 6.07) is 8.07. The van der Waals surface area contributed by atoms with Crippen molar-refractivity contribution in [1.82, 2.24) is 4.98 Å². The second kappa shape index (κ2) is 5.61. The number of methoxy groups -OCH3 is 1. The molecule has 1 aromatic carbocycles. The fraction of sp³-hybridized carbons (Fsp3) is 0.267. The molecule has 0 radical (unpaired) electrons. The van der Waals surface area contributed by atoms with Gasteiger partial charge in [0.25, 0.3) is 0 Å². The molecular weight excluding hydrogens is 238 g/mol. The first-order valence-corrected chi connectivity index (χ1v) is 6.19. The monoisotopic (exact) mass is 257 g/mol. The van der Waals surface area contributed by atoms with Gasteiger partial charge < -0.3 is 15.8 Å². The van der Waals surface area contributed by atoms with Gasteiger partial charge in [0.05, 0.1) is 19.0 Å². The molecule has 0 aliphatic heterocycles. The lowest BCUT2D eigenvalue weighted by atomic mass is 10.1. The highest BCUT2D eigenvalue weighted by Crippen LogP contribution is 2.21. The number of rotatable bonds is 4. The van der Waals surface area contributed by atoms with Crippen molar-refractivity contribution in [3.05, 3.63) is 47.2 Å². The van der Waals surface area contributed by atoms with E-state index in [1.165, 1.54) is 5.56 Å². The first kappa shape index (κ1) is 13.2. The standard InChI is InChI=1S/C15H19N3O/c1-10-4-5-14(19-3)12(6-10)8-17-15-7-11(2)13(16)9-18-15/h4-7,9H,8,16H2,1-3H3,(H,17,18). The Balaban J connectivity index is 2.13. The Morgan fingerprint density at radius 1 is 1.26 bits per heavy atom. The van der Waals surface area contributed by atoms with E-state index in [0.29, 0.717) is 12.2 Å². The van der Waals surface area contributed by atoms with Crippen molar-refractivity contribution in [3.63, 3.8) is 0 Å². The number of pyridine rings is 1. The Hall–Kier alpha value is -2.23. The maximum Gasteiger partial charge on any atom is 0.126 e. The molecule has 0 bridgehead atoms. The molecule has 2 rings (SSSR count). The maximum absolute atomic E-state index is 5.75. The van der Waals surface area contributed by atoms with Crippen molar-refractivity contribution in [1.29, 1.82) is 0 Å². The normalized spacial score (nSPS) is 10.3. The average Bonchev–Trinajstić information content (AvgIpc) is 2.40. The van der Waals surface area contributed by atoms with Crippen LogP contribution in [0.1, 0.15) is 16.7 Å². The van der Waals surface area contributed by atoms with Crippen LogP contribution in [0.2, 0.25) is 0 Å². The summed E-state index contributed by atoms with van der Waals surface area (Å²) in [7, 11) is 1.68. The summed E-state index contributed by atoms with van der Waals surface area (Å²) in [4.78, 5) is 4.26. The minimum absolute atomic E-state index is 0.668. The van der Waals surface area contributed by atoms with Crippen LogP contribution in [0.3, 0.4) is 0 Å². The third kappa shape index (κ3) is 3.16. The third-order valence-corrected chi connectivity index (χ3v) is 3.05. The smallest absolute Gasteiger partial charge is 0.126 e. The van der Waals surface area contributed by atoms with Gasteiger partial charge in [-0.15, -0.1) is 0 Å². The van der Waals surface area contributed by atoms with E-state index in [-0.39, 0.29) is 0 Å². The van der Waals surface area contributed by atoms with Gasteiger partial charge in [-0.3, -0.25) is 0 Å². The Bertz CT molecular complexity index is 582. The Labute approximate surface area is 113 Å². The minimum Gasteiger partial charge on any atom is -0.496 e. The topological polar surface area (TPSA) is 60.2 Å². The molecule has 0 aliphatic rings. The van der Waals surface area contributed by atoms with Crippen molar-refractivity contribution < 1.29 is 4.74 Å². The van der Waals surface area contributed by atoms with Gasteiger partial charge >= 0.3 is 0 Å². The van der Waals surface area contributed by atoms with Gasteiger partial charge in [-0.05, 0) is 31.5 Å². The molecule has 0 atom stereocenters. The number of hydrogen-bond acceptors (Lipinski definition) is 4. The fourth-order valence-corrected chi connectivity index (χ4v) is 1.89. The number of ether oxygens (including phenoxy) is 1. The largest absolute Gasteiger partial charge is 0.496 e. The molecule has 0 amide bonds. The van der Waals surface area contributed by atoms with Gasteiger partial charge in [0.15, 0.2) is 0 Å². The molecule has 0 saturated carbocycles. The number of nitrogen functional groups attached to an aromatic ring is 1. The second-order valence-electron chi connectivity index (χ2n) is 4.59. The van der Waals surface area contributed by atoms with Crippen LogP contribution in [0, 0.1) is 13.8 Å². The van der Waals surface area contributed by atoms with Gasteiger partial charge in [0.2, 0.25) is 0 Å². The summed E-state index contributed by atoms with van der Waals surface area (Å²) >= 11 is 0. The molecule has 0 unspecified atom stereocenters. The van der Waals surface area contributed by atoms with Crippen molar-refractivity contribution in [2.75, 3.05) is 18.2 Å². The first-order valence-electron chi connectivity index (χ1n) is 6.19. The molecule has 0 spiro atoms. The van der Waals surface area contributed by atoms with Gasteiger partial charge in [-0.1, -0.05) is 17.7 Å². The lowest BCUT2D eigenvalue weighted by Crippen LogP contribution is -2.04.